The van der Waals surface area contributed by atoms with Gasteiger partial charge in [-0.1, -0.05) is 24.3 Å². The lowest BCUT2D eigenvalue weighted by molar-refractivity contribution is -0.812. The number of piperidine rings is 2. The van der Waals surface area contributed by atoms with E-state index in [1.54, 1.807) is 0 Å². The molecule has 1 aromatic rings. The van der Waals surface area contributed by atoms with Gasteiger partial charge in [-0.25, -0.2) is 12.3 Å². The first kappa shape index (κ1) is 18.2. The number of para-hydroxylation sites is 1. The monoisotopic (exact) mass is 446 g/mol. The first-order chi connectivity index (χ1) is 14.3. The van der Waals surface area contributed by atoms with Crippen molar-refractivity contribution < 1.29 is 26.4 Å². The molecule has 1 aliphatic carbocycles. The van der Waals surface area contributed by atoms with Gasteiger partial charge in [0.25, 0.3) is 0 Å². The zero-order chi connectivity index (χ0) is 20.5. The lowest BCUT2D eigenvalue weighted by Gasteiger charge is -2.59. The van der Waals surface area contributed by atoms with E-state index in [9.17, 15) is 17.8 Å². The van der Waals surface area contributed by atoms with Gasteiger partial charge in [-0.05, 0) is 23.1 Å². The van der Waals surface area contributed by atoms with E-state index in [0.717, 1.165) is 24.1 Å². The molecule has 0 aromatic heterocycles. The van der Waals surface area contributed by atoms with Crippen LogP contribution in [0.15, 0.2) is 35.9 Å². The molecule has 7 unspecified atom stereocenters. The number of nitrogens with zero attached hydrogens (tertiary/aromatic N) is 2. The van der Waals surface area contributed by atoms with Crippen molar-refractivity contribution in [1.82, 2.24) is 0 Å². The highest BCUT2D eigenvalue weighted by atomic mass is 33.2. The van der Waals surface area contributed by atoms with Gasteiger partial charge >= 0.3 is 0 Å². The molecule has 1 aromatic carbocycles. The fourth-order valence-corrected chi connectivity index (χ4v) is 11.0. The SMILES string of the molecule is O=C1CC2OCC=C3C[N+]4(SS(=O)(=O)[O-])CCC56c7ccccc7N1C5C2C3CC64. The second kappa shape index (κ2) is 5.50. The van der Waals surface area contributed by atoms with Crippen LogP contribution in [0, 0.1) is 11.8 Å². The van der Waals surface area contributed by atoms with Crippen molar-refractivity contribution >= 4 is 31.7 Å². The minimum absolute atomic E-state index is 0.00502. The van der Waals surface area contributed by atoms with Crippen LogP contribution in [0.2, 0.25) is 0 Å². The fraction of sp³-hybridized carbons (Fsp3) is 0.571. The Balaban J connectivity index is 1.52. The molecule has 4 fully saturated rings. The molecule has 3 saturated heterocycles. The highest BCUT2D eigenvalue weighted by Gasteiger charge is 2.76. The Morgan fingerprint density at radius 2 is 2.13 bits per heavy atom. The number of benzene rings is 1. The Bertz CT molecular complexity index is 1140. The Labute approximate surface area is 178 Å². The van der Waals surface area contributed by atoms with Gasteiger partial charge in [0.1, 0.15) is 12.6 Å². The van der Waals surface area contributed by atoms with Gasteiger partial charge in [0, 0.05) is 24.4 Å². The lowest BCUT2D eigenvalue weighted by atomic mass is 9.53. The van der Waals surface area contributed by atoms with Gasteiger partial charge in [-0.3, -0.25) is 4.79 Å². The number of amides is 1. The molecule has 30 heavy (non-hydrogen) atoms. The van der Waals surface area contributed by atoms with E-state index in [2.05, 4.69) is 12.1 Å². The molecule has 9 heteroatoms. The van der Waals surface area contributed by atoms with Crippen LogP contribution in [0.1, 0.15) is 24.8 Å². The van der Waals surface area contributed by atoms with Gasteiger partial charge in [-0.2, -0.15) is 0 Å². The zero-order valence-electron chi connectivity index (χ0n) is 16.3. The number of fused-ring (bicyclic) bond motifs is 2. The number of hydrogen-bond acceptors (Lipinski definition) is 6. The molecule has 7 atom stereocenters. The normalized spacial score (nSPS) is 45.1. The maximum atomic E-state index is 13.3. The van der Waals surface area contributed by atoms with Crippen molar-refractivity contribution in [2.75, 3.05) is 24.6 Å². The predicted octanol–water partition coefficient (Wildman–Crippen LogP) is 1.72. The third kappa shape index (κ3) is 1.99. The summed E-state index contributed by atoms with van der Waals surface area (Å²) in [6, 6.07) is 8.12. The standard InChI is InChI=1S/C21H22N2O5S2/c24-18-10-16-19-13-9-17-21(14-3-1-2-4-15(14)22(18)20(19)21)6-7-23(17,29-30(25,26)27)11-12(13)5-8-28-16/h1-5,13,16-17,19-20H,6-11H2. The molecule has 1 saturated carbocycles. The summed E-state index contributed by atoms with van der Waals surface area (Å²) in [6.07, 6.45) is 4.04. The van der Waals surface area contributed by atoms with Crippen molar-refractivity contribution in [3.63, 3.8) is 0 Å². The van der Waals surface area contributed by atoms with Gasteiger partial charge in [0.05, 0.1) is 37.1 Å². The Kier molecular flexibility index (Phi) is 3.34. The predicted molar refractivity (Wildman–Crippen MR) is 109 cm³/mol. The van der Waals surface area contributed by atoms with Crippen LogP contribution in [0.3, 0.4) is 0 Å². The third-order valence-electron chi connectivity index (χ3n) is 8.74. The second-order valence-corrected chi connectivity index (χ2v) is 13.0. The van der Waals surface area contributed by atoms with E-state index in [1.165, 1.54) is 5.57 Å². The molecular weight excluding hydrogens is 424 g/mol. The maximum absolute atomic E-state index is 13.3. The Morgan fingerprint density at radius 3 is 2.97 bits per heavy atom. The molecule has 1 amide bonds. The topological polar surface area (TPSA) is 86.7 Å². The van der Waals surface area contributed by atoms with Crippen LogP contribution in [0.25, 0.3) is 0 Å². The number of hydrogen-bond donors (Lipinski definition) is 0. The number of ether oxygens (including phenoxy) is 1. The van der Waals surface area contributed by atoms with Gasteiger partial charge < -0.3 is 14.2 Å². The highest BCUT2D eigenvalue weighted by molar-refractivity contribution is 8.67. The van der Waals surface area contributed by atoms with Crippen LogP contribution in [-0.2, 0) is 24.1 Å². The summed E-state index contributed by atoms with van der Waals surface area (Å²) in [5.41, 5.74) is 3.04. The number of quaternary nitrogens is 1. The molecule has 6 aliphatic rings. The summed E-state index contributed by atoms with van der Waals surface area (Å²) in [6.45, 7) is 1.66. The van der Waals surface area contributed by atoms with Crippen LogP contribution in [-0.4, -0.2) is 60.7 Å². The molecular formula is C21H22N2O5S2. The third-order valence-corrected chi connectivity index (χ3v) is 11.2. The van der Waals surface area contributed by atoms with Gasteiger partial charge in [-0.15, -0.1) is 0 Å². The summed E-state index contributed by atoms with van der Waals surface area (Å²) in [7, 11) is -3.88. The first-order valence-electron chi connectivity index (χ1n) is 10.6. The highest BCUT2D eigenvalue weighted by Crippen LogP contribution is 2.69. The lowest BCUT2D eigenvalue weighted by Crippen LogP contribution is -2.71. The van der Waals surface area contributed by atoms with E-state index in [4.69, 9.17) is 4.74 Å². The minimum atomic E-state index is -4.47. The number of carbonyl (C=O) groups excluding carboxylic acids is 1. The average Bonchev–Trinajstić information content (AvgIpc) is 3.11. The fourth-order valence-electron chi connectivity index (χ4n) is 8.06. The van der Waals surface area contributed by atoms with E-state index in [-0.39, 0.29) is 45.2 Å². The molecule has 7 rings (SSSR count). The Hall–Kier alpha value is -1.39. The Morgan fingerprint density at radius 1 is 1.30 bits per heavy atom. The summed E-state index contributed by atoms with van der Waals surface area (Å²) in [4.78, 5) is 15.4. The van der Waals surface area contributed by atoms with Crippen molar-refractivity contribution in [2.45, 2.75) is 42.9 Å². The molecule has 5 aliphatic heterocycles. The molecule has 0 N–H and O–H groups in total. The summed E-state index contributed by atoms with van der Waals surface area (Å²) >= 11 is 0. The first-order valence-corrected chi connectivity index (χ1v) is 13.3. The van der Waals surface area contributed by atoms with Crippen molar-refractivity contribution in [3.8, 4) is 0 Å². The molecule has 158 valence electrons. The van der Waals surface area contributed by atoms with Gasteiger partial charge in [0.15, 0.2) is 11.0 Å². The zero-order valence-corrected chi connectivity index (χ0v) is 17.9. The summed E-state index contributed by atoms with van der Waals surface area (Å²) in [5.74, 6) is 0.599. The number of rotatable bonds is 2. The second-order valence-electron chi connectivity index (χ2n) is 9.62. The van der Waals surface area contributed by atoms with Crippen LogP contribution < -0.4 is 4.90 Å². The van der Waals surface area contributed by atoms with Gasteiger partial charge in [0.2, 0.25) is 15.1 Å². The molecule has 0 radical (unpaired) electrons. The van der Waals surface area contributed by atoms with E-state index in [0.29, 0.717) is 37.1 Å². The smallest absolute Gasteiger partial charge is 0.229 e. The minimum Gasteiger partial charge on any atom is -0.735 e. The maximum Gasteiger partial charge on any atom is 0.229 e. The largest absolute Gasteiger partial charge is 0.735 e. The molecule has 5 heterocycles. The average molecular weight is 447 g/mol. The number of carbonyl (C=O) groups is 1. The van der Waals surface area contributed by atoms with Crippen molar-refractivity contribution in [1.29, 1.82) is 0 Å². The van der Waals surface area contributed by atoms with E-state index >= 15 is 0 Å². The molecule has 2 bridgehead atoms. The van der Waals surface area contributed by atoms with Crippen molar-refractivity contribution in [3.05, 3.63) is 41.5 Å². The van der Waals surface area contributed by atoms with Crippen molar-refractivity contribution in [2.24, 2.45) is 11.8 Å². The number of anilines is 1. The molecule has 1 spiro atoms. The quantitative estimate of drug-likeness (QED) is 0.226. The molecule has 7 nitrogen and oxygen atoms in total. The summed E-state index contributed by atoms with van der Waals surface area (Å²) in [5, 5.41) is 0. The van der Waals surface area contributed by atoms with Crippen LogP contribution in [0.4, 0.5) is 5.69 Å². The van der Waals surface area contributed by atoms with E-state index < -0.39 is 9.15 Å². The van der Waals surface area contributed by atoms with E-state index in [1.807, 2.05) is 23.1 Å². The summed E-state index contributed by atoms with van der Waals surface area (Å²) < 4.78 is 42.4. The van der Waals surface area contributed by atoms with Crippen LogP contribution >= 0.6 is 11.0 Å². The van der Waals surface area contributed by atoms with Crippen LogP contribution in [0.5, 0.6) is 0 Å².